The zero-order chi connectivity index (χ0) is 15.7. The molecule has 0 spiro atoms. The highest BCUT2D eigenvalue weighted by molar-refractivity contribution is 9.10. The Morgan fingerprint density at radius 2 is 2.19 bits per heavy atom. The lowest BCUT2D eigenvalue weighted by molar-refractivity contribution is -0.385. The van der Waals surface area contributed by atoms with Crippen LogP contribution in [0.3, 0.4) is 0 Å². The highest BCUT2D eigenvalue weighted by atomic mass is 79.9. The maximum atomic E-state index is 10.9. The minimum Gasteiger partial charge on any atom is -0.438 e. The first-order valence-electron chi connectivity index (χ1n) is 5.80. The molecule has 0 saturated heterocycles. The first-order chi connectivity index (χ1) is 9.79. The molecule has 0 saturated carbocycles. The molecule has 2 rings (SSSR count). The molecule has 0 aliphatic rings. The second kappa shape index (κ2) is 5.52. The quantitative estimate of drug-likeness (QED) is 0.378. The number of hydrogen-bond donors (Lipinski definition) is 2. The van der Waals surface area contributed by atoms with Crippen LogP contribution in [0.25, 0.3) is 0 Å². The van der Waals surface area contributed by atoms with Crippen molar-refractivity contribution in [1.29, 1.82) is 5.41 Å². The normalized spacial score (nSPS) is 10.4. The number of hydrogen-bond acceptors (Lipinski definition) is 5. The number of halogens is 1. The summed E-state index contributed by atoms with van der Waals surface area (Å²) in [6, 6.07) is 4.24. The largest absolute Gasteiger partial charge is 0.438 e. The summed E-state index contributed by atoms with van der Waals surface area (Å²) in [7, 11) is 1.64. The molecule has 0 unspecified atom stereocenters. The number of nitrogens with two attached hydrogens (primary N) is 1. The lowest BCUT2D eigenvalue weighted by atomic mass is 10.2. The summed E-state index contributed by atoms with van der Waals surface area (Å²) in [5, 5.41) is 22.6. The Hall–Kier alpha value is -2.42. The van der Waals surface area contributed by atoms with Gasteiger partial charge >= 0.3 is 0 Å². The van der Waals surface area contributed by atoms with Gasteiger partial charge in [0.15, 0.2) is 0 Å². The van der Waals surface area contributed by atoms with Gasteiger partial charge in [0, 0.05) is 17.6 Å². The van der Waals surface area contributed by atoms with E-state index in [1.165, 1.54) is 16.8 Å². The van der Waals surface area contributed by atoms with Gasteiger partial charge in [0.25, 0.3) is 5.69 Å². The third-order valence-electron chi connectivity index (χ3n) is 2.72. The van der Waals surface area contributed by atoms with Crippen LogP contribution in [0.2, 0.25) is 0 Å². The lowest BCUT2D eigenvalue weighted by Crippen LogP contribution is -2.13. The van der Waals surface area contributed by atoms with E-state index in [-0.39, 0.29) is 23.2 Å². The van der Waals surface area contributed by atoms with Crippen LogP contribution in [-0.2, 0) is 7.05 Å². The van der Waals surface area contributed by atoms with Crippen LogP contribution in [0, 0.1) is 22.4 Å². The van der Waals surface area contributed by atoms with Crippen LogP contribution in [0.4, 0.5) is 5.69 Å². The number of nitrogen functional groups attached to an aromatic ring is 1. The predicted octanol–water partition coefficient (Wildman–Crippen LogP) is 2.48. The highest BCUT2D eigenvalue weighted by Gasteiger charge is 2.19. The minimum absolute atomic E-state index is 0.109. The Morgan fingerprint density at radius 1 is 1.52 bits per heavy atom. The van der Waals surface area contributed by atoms with Crippen LogP contribution >= 0.6 is 15.9 Å². The maximum absolute atomic E-state index is 10.9. The number of nitro groups is 1. The third-order valence-corrected chi connectivity index (χ3v) is 3.18. The first kappa shape index (κ1) is 15.0. The van der Waals surface area contributed by atoms with E-state index in [9.17, 15) is 10.1 Å². The fourth-order valence-corrected chi connectivity index (χ4v) is 2.35. The van der Waals surface area contributed by atoms with Gasteiger partial charge in [0.05, 0.1) is 16.7 Å². The van der Waals surface area contributed by atoms with E-state index < -0.39 is 4.92 Å². The molecule has 8 nitrogen and oxygen atoms in total. The monoisotopic (exact) mass is 353 g/mol. The van der Waals surface area contributed by atoms with Crippen molar-refractivity contribution in [2.24, 2.45) is 12.8 Å². The number of non-ortho nitro benzene ring substituents is 1. The predicted molar refractivity (Wildman–Crippen MR) is 79.8 cm³/mol. The summed E-state index contributed by atoms with van der Waals surface area (Å²) in [4.78, 5) is 10.3. The van der Waals surface area contributed by atoms with E-state index in [0.717, 1.165) is 0 Å². The Balaban J connectivity index is 2.48. The third kappa shape index (κ3) is 3.02. The summed E-state index contributed by atoms with van der Waals surface area (Å²) >= 11 is 3.19. The van der Waals surface area contributed by atoms with E-state index in [1.54, 1.807) is 20.0 Å². The number of nitrogens with zero attached hydrogens (tertiary/aromatic N) is 3. The fourth-order valence-electron chi connectivity index (χ4n) is 1.89. The number of ether oxygens (including phenoxy) is 1. The van der Waals surface area contributed by atoms with Crippen LogP contribution in [-0.4, -0.2) is 20.5 Å². The summed E-state index contributed by atoms with van der Waals surface area (Å²) in [6.07, 6.45) is 0. The zero-order valence-electron chi connectivity index (χ0n) is 11.3. The molecule has 0 fully saturated rings. The van der Waals surface area contributed by atoms with Crippen molar-refractivity contribution in [2.75, 3.05) is 0 Å². The number of aryl methyl sites for hydroxylation is 2. The smallest absolute Gasteiger partial charge is 0.274 e. The van der Waals surface area contributed by atoms with E-state index in [0.29, 0.717) is 15.7 Å². The standard InChI is InChI=1S/C12H12BrN5O3/c1-6-10(11(14)15)12(17(2)16-6)21-9-4-7(13)3-8(5-9)18(19)20/h3-5H,1-2H3,(H3,14,15). The van der Waals surface area contributed by atoms with Crippen molar-refractivity contribution in [1.82, 2.24) is 9.78 Å². The van der Waals surface area contributed by atoms with Gasteiger partial charge in [0.2, 0.25) is 5.88 Å². The average molecular weight is 354 g/mol. The van der Waals surface area contributed by atoms with E-state index in [1.807, 2.05) is 0 Å². The number of amidine groups is 1. The molecule has 2 aromatic rings. The summed E-state index contributed by atoms with van der Waals surface area (Å²) in [5.74, 6) is 0.328. The van der Waals surface area contributed by atoms with Crippen molar-refractivity contribution in [2.45, 2.75) is 6.92 Å². The Labute approximate surface area is 128 Å². The van der Waals surface area contributed by atoms with Gasteiger partial charge in [-0.3, -0.25) is 15.5 Å². The number of rotatable bonds is 4. The molecule has 3 N–H and O–H groups in total. The van der Waals surface area contributed by atoms with E-state index >= 15 is 0 Å². The van der Waals surface area contributed by atoms with Gasteiger partial charge in [-0.1, -0.05) is 15.9 Å². The van der Waals surface area contributed by atoms with Crippen LogP contribution in [0.5, 0.6) is 11.6 Å². The molecule has 21 heavy (non-hydrogen) atoms. The fraction of sp³-hybridized carbons (Fsp3) is 0.167. The average Bonchev–Trinajstić information content (AvgIpc) is 2.63. The molecule has 0 atom stereocenters. The maximum Gasteiger partial charge on any atom is 0.274 e. The number of nitro benzene ring substituents is 1. The number of benzene rings is 1. The Kier molecular flexibility index (Phi) is 3.94. The second-order valence-electron chi connectivity index (χ2n) is 4.31. The molecule has 0 bridgehead atoms. The molecule has 9 heteroatoms. The van der Waals surface area contributed by atoms with Gasteiger partial charge in [-0.2, -0.15) is 5.10 Å². The van der Waals surface area contributed by atoms with E-state index in [2.05, 4.69) is 21.0 Å². The highest BCUT2D eigenvalue weighted by Crippen LogP contribution is 2.31. The second-order valence-corrected chi connectivity index (χ2v) is 5.22. The van der Waals surface area contributed by atoms with Crippen LogP contribution < -0.4 is 10.5 Å². The molecular weight excluding hydrogens is 342 g/mol. The molecule has 1 aromatic carbocycles. The van der Waals surface area contributed by atoms with Crippen molar-refractivity contribution in [3.8, 4) is 11.6 Å². The van der Waals surface area contributed by atoms with Crippen molar-refractivity contribution < 1.29 is 9.66 Å². The van der Waals surface area contributed by atoms with E-state index in [4.69, 9.17) is 15.9 Å². The Morgan fingerprint density at radius 3 is 2.76 bits per heavy atom. The number of nitrogens with one attached hydrogen (secondary N) is 1. The molecule has 0 amide bonds. The molecule has 110 valence electrons. The minimum atomic E-state index is -0.516. The molecule has 1 aromatic heterocycles. The molecule has 0 aliphatic heterocycles. The van der Waals surface area contributed by atoms with Crippen molar-refractivity contribution in [3.05, 3.63) is 44.0 Å². The molecule has 1 heterocycles. The van der Waals surface area contributed by atoms with Gasteiger partial charge < -0.3 is 10.5 Å². The summed E-state index contributed by atoms with van der Waals surface area (Å²) < 4.78 is 7.58. The Bertz CT molecular complexity index is 741. The number of aromatic nitrogens is 2. The first-order valence-corrected chi connectivity index (χ1v) is 6.59. The summed E-state index contributed by atoms with van der Waals surface area (Å²) in [5.41, 5.74) is 6.32. The summed E-state index contributed by atoms with van der Waals surface area (Å²) in [6.45, 7) is 1.70. The molecule has 0 aliphatic carbocycles. The topological polar surface area (TPSA) is 120 Å². The van der Waals surface area contributed by atoms with Crippen LogP contribution in [0.15, 0.2) is 22.7 Å². The SMILES string of the molecule is Cc1nn(C)c(Oc2cc(Br)cc([N+](=O)[O-])c2)c1C(=N)N. The van der Waals surface area contributed by atoms with Gasteiger partial charge in [-0.15, -0.1) is 0 Å². The molecular formula is C12H12BrN5O3. The van der Waals surface area contributed by atoms with Gasteiger partial charge in [-0.05, 0) is 13.0 Å². The van der Waals surface area contributed by atoms with Crippen LogP contribution in [0.1, 0.15) is 11.3 Å². The van der Waals surface area contributed by atoms with Crippen molar-refractivity contribution >= 4 is 27.5 Å². The van der Waals surface area contributed by atoms with Gasteiger partial charge in [-0.25, -0.2) is 4.68 Å². The van der Waals surface area contributed by atoms with Gasteiger partial charge in [0.1, 0.15) is 17.1 Å². The van der Waals surface area contributed by atoms with Crippen molar-refractivity contribution in [3.63, 3.8) is 0 Å². The lowest BCUT2D eigenvalue weighted by Gasteiger charge is -2.08. The zero-order valence-corrected chi connectivity index (χ0v) is 12.8. The molecule has 0 radical (unpaired) electrons.